The monoisotopic (exact) mass is 531 g/mol. The quantitative estimate of drug-likeness (QED) is 0.254. The predicted octanol–water partition coefficient (Wildman–Crippen LogP) is 3.22. The van der Waals surface area contributed by atoms with Crippen molar-refractivity contribution in [3.8, 4) is 5.69 Å². The molecule has 1 saturated carbocycles. The molecular weight excluding hydrogens is 501 g/mol. The van der Waals surface area contributed by atoms with Crippen molar-refractivity contribution in [2.24, 2.45) is 11.5 Å². The molecule has 1 aromatic carbocycles. The number of carbonyl (C=O) groups is 1. The van der Waals surface area contributed by atoms with Crippen molar-refractivity contribution in [3.05, 3.63) is 83.7 Å². The van der Waals surface area contributed by atoms with Gasteiger partial charge in [0.15, 0.2) is 11.6 Å². The van der Waals surface area contributed by atoms with Crippen molar-refractivity contribution in [1.29, 1.82) is 0 Å². The fourth-order valence-electron chi connectivity index (χ4n) is 4.58. The number of hydrogen-bond acceptors (Lipinski definition) is 9. The van der Waals surface area contributed by atoms with E-state index < -0.39 is 11.7 Å². The van der Waals surface area contributed by atoms with E-state index in [1.165, 1.54) is 4.80 Å². The van der Waals surface area contributed by atoms with Crippen LogP contribution in [-0.4, -0.2) is 49.1 Å². The van der Waals surface area contributed by atoms with Gasteiger partial charge < -0.3 is 26.8 Å². The number of rotatable bonds is 9. The number of benzene rings is 1. The number of primary amides is 1. The van der Waals surface area contributed by atoms with Crippen molar-refractivity contribution in [3.63, 3.8) is 0 Å². The first-order valence-electron chi connectivity index (χ1n) is 12.7. The molecule has 1 amide bonds. The summed E-state index contributed by atoms with van der Waals surface area (Å²) < 4.78 is 21.2. The molecule has 0 spiro atoms. The van der Waals surface area contributed by atoms with Crippen LogP contribution in [0.15, 0.2) is 61.1 Å². The molecule has 1 fully saturated rings. The van der Waals surface area contributed by atoms with Crippen LogP contribution in [0.3, 0.4) is 0 Å². The Balaban J connectivity index is 1.35. The lowest BCUT2D eigenvalue weighted by molar-refractivity contribution is 0.0106. The maximum Gasteiger partial charge on any atom is 0.252 e. The molecule has 0 aliphatic heterocycles. The molecular formula is C27H30FN9O2. The number of nitrogens with one attached hydrogen (secondary N) is 2. The Morgan fingerprint density at radius 3 is 2.67 bits per heavy atom. The van der Waals surface area contributed by atoms with Gasteiger partial charge in [0.2, 0.25) is 0 Å². The van der Waals surface area contributed by atoms with E-state index in [0.717, 1.165) is 18.1 Å². The third-order valence-electron chi connectivity index (χ3n) is 6.70. The summed E-state index contributed by atoms with van der Waals surface area (Å²) in [6.07, 6.45) is 6.73. The molecule has 3 heterocycles. The lowest BCUT2D eigenvalue weighted by atomic mass is 9.88. The second-order valence-electron chi connectivity index (χ2n) is 9.50. The molecule has 0 radical (unpaired) electrons. The molecule has 39 heavy (non-hydrogen) atoms. The molecule has 4 aromatic rings. The minimum absolute atomic E-state index is 0.0407. The van der Waals surface area contributed by atoms with Crippen LogP contribution in [0, 0.1) is 12.7 Å². The van der Waals surface area contributed by atoms with E-state index >= 15 is 4.39 Å². The predicted molar refractivity (Wildman–Crippen MR) is 144 cm³/mol. The number of amides is 1. The minimum atomic E-state index is -0.826. The summed E-state index contributed by atoms with van der Waals surface area (Å²) in [6.45, 7) is 2.31. The number of ether oxygens (including phenoxy) is 1. The zero-order valence-corrected chi connectivity index (χ0v) is 21.4. The molecule has 1 aliphatic carbocycles. The number of pyridine rings is 2. The second-order valence-corrected chi connectivity index (χ2v) is 9.50. The van der Waals surface area contributed by atoms with E-state index in [2.05, 4.69) is 30.8 Å². The van der Waals surface area contributed by atoms with Crippen LogP contribution in [0.5, 0.6) is 0 Å². The molecule has 0 unspecified atom stereocenters. The molecule has 0 bridgehead atoms. The summed E-state index contributed by atoms with van der Waals surface area (Å²) in [7, 11) is 0. The Morgan fingerprint density at radius 2 is 1.92 bits per heavy atom. The Morgan fingerprint density at radius 1 is 1.15 bits per heavy atom. The number of hydrogen-bond donors (Lipinski definition) is 4. The molecule has 0 saturated heterocycles. The van der Waals surface area contributed by atoms with Gasteiger partial charge >= 0.3 is 0 Å². The molecule has 1 aliphatic rings. The third kappa shape index (κ3) is 6.19. The SMILES string of the molecule is Cc1ncc(Nc2nc(N[C@@H]3C[C@@H](OCc4ccccc4)CC[C@@H]3N)c(F)cc2C(N)=O)cc1-n1nccn1. The molecule has 202 valence electrons. The summed E-state index contributed by atoms with van der Waals surface area (Å²) >= 11 is 0. The van der Waals surface area contributed by atoms with E-state index in [9.17, 15) is 4.79 Å². The van der Waals surface area contributed by atoms with E-state index in [4.69, 9.17) is 16.2 Å². The molecule has 5 rings (SSSR count). The van der Waals surface area contributed by atoms with Crippen LogP contribution in [-0.2, 0) is 11.3 Å². The van der Waals surface area contributed by atoms with Crippen LogP contribution in [0.1, 0.15) is 40.9 Å². The van der Waals surface area contributed by atoms with Crippen molar-refractivity contribution in [1.82, 2.24) is 25.0 Å². The maximum atomic E-state index is 15.1. The fourth-order valence-corrected chi connectivity index (χ4v) is 4.58. The number of aryl methyl sites for hydroxylation is 1. The summed E-state index contributed by atoms with van der Waals surface area (Å²) in [6, 6.07) is 12.2. The number of nitrogens with two attached hydrogens (primary N) is 2. The molecule has 3 atom stereocenters. The van der Waals surface area contributed by atoms with Gasteiger partial charge in [-0.3, -0.25) is 9.78 Å². The van der Waals surface area contributed by atoms with E-state index in [1.807, 2.05) is 37.3 Å². The summed E-state index contributed by atoms with van der Waals surface area (Å²) in [4.78, 5) is 22.3. The van der Waals surface area contributed by atoms with Gasteiger partial charge in [-0.25, -0.2) is 9.37 Å². The second kappa shape index (κ2) is 11.5. The first kappa shape index (κ1) is 26.2. The van der Waals surface area contributed by atoms with Crippen molar-refractivity contribution in [2.75, 3.05) is 10.6 Å². The lowest BCUT2D eigenvalue weighted by Gasteiger charge is -2.35. The number of halogens is 1. The molecule has 12 heteroatoms. The van der Waals surface area contributed by atoms with Crippen molar-refractivity contribution >= 4 is 23.2 Å². The average Bonchev–Trinajstić information content (AvgIpc) is 3.47. The highest BCUT2D eigenvalue weighted by Crippen LogP contribution is 2.28. The van der Waals surface area contributed by atoms with Crippen LogP contribution in [0.4, 0.5) is 21.7 Å². The van der Waals surface area contributed by atoms with Gasteiger partial charge in [-0.2, -0.15) is 10.2 Å². The number of carbonyl (C=O) groups excluding carboxylic acids is 1. The molecule has 11 nitrogen and oxygen atoms in total. The highest BCUT2D eigenvalue weighted by atomic mass is 19.1. The van der Waals surface area contributed by atoms with Gasteiger partial charge in [0.25, 0.3) is 5.91 Å². The topological polar surface area (TPSA) is 159 Å². The Bertz CT molecular complexity index is 1430. The standard InChI is InChI=1S/C27H30FN9O2/c1-16-24(37-32-9-10-33-37)11-18(14-31-16)34-26-20(25(30)38)13-21(28)27(36-26)35-23-12-19(7-8-22(23)29)39-15-17-5-3-2-4-6-17/h2-6,9-11,13-14,19,22-23H,7-8,12,15,29H2,1H3,(H2,30,38)(H2,34,35,36)/t19-,22-,23+/m0/s1. The van der Waals surface area contributed by atoms with Crippen molar-refractivity contribution in [2.45, 2.75) is 51.0 Å². The third-order valence-corrected chi connectivity index (χ3v) is 6.70. The van der Waals surface area contributed by atoms with Gasteiger partial charge in [-0.05, 0) is 43.9 Å². The normalized spacial score (nSPS) is 19.0. The molecule has 6 N–H and O–H groups in total. The maximum absolute atomic E-state index is 15.1. The van der Waals surface area contributed by atoms with Gasteiger partial charge in [0.1, 0.15) is 11.5 Å². The van der Waals surface area contributed by atoms with Gasteiger partial charge in [-0.1, -0.05) is 30.3 Å². The average molecular weight is 532 g/mol. The smallest absolute Gasteiger partial charge is 0.252 e. The number of nitrogens with zero attached hydrogens (tertiary/aromatic N) is 5. The summed E-state index contributed by atoms with van der Waals surface area (Å²) in [5.41, 5.74) is 14.7. The van der Waals surface area contributed by atoms with E-state index in [-0.39, 0.29) is 35.4 Å². The van der Waals surface area contributed by atoms with E-state index in [0.29, 0.717) is 36.5 Å². The highest BCUT2D eigenvalue weighted by Gasteiger charge is 2.30. The first-order chi connectivity index (χ1) is 18.9. The number of anilines is 3. The van der Waals surface area contributed by atoms with Gasteiger partial charge in [0.05, 0.1) is 48.2 Å². The van der Waals surface area contributed by atoms with Crippen LogP contribution in [0.2, 0.25) is 0 Å². The van der Waals surface area contributed by atoms with Crippen LogP contribution in [0.25, 0.3) is 5.69 Å². The number of aromatic nitrogens is 5. The Hall–Kier alpha value is -4.42. The zero-order valence-electron chi connectivity index (χ0n) is 21.4. The van der Waals surface area contributed by atoms with Gasteiger partial charge in [0, 0.05) is 12.1 Å². The largest absolute Gasteiger partial charge is 0.373 e. The minimum Gasteiger partial charge on any atom is -0.373 e. The Kier molecular flexibility index (Phi) is 7.75. The first-order valence-corrected chi connectivity index (χ1v) is 12.7. The van der Waals surface area contributed by atoms with Crippen LogP contribution < -0.4 is 22.1 Å². The zero-order chi connectivity index (χ0) is 27.4. The summed E-state index contributed by atoms with van der Waals surface area (Å²) in [5, 5.41) is 14.5. The van der Waals surface area contributed by atoms with Crippen LogP contribution >= 0.6 is 0 Å². The Labute approximate surface area is 224 Å². The van der Waals surface area contributed by atoms with Crippen molar-refractivity contribution < 1.29 is 13.9 Å². The van der Waals surface area contributed by atoms with Gasteiger partial charge in [-0.15, -0.1) is 4.80 Å². The van der Waals surface area contributed by atoms with E-state index in [1.54, 1.807) is 24.7 Å². The highest BCUT2D eigenvalue weighted by molar-refractivity contribution is 5.98. The lowest BCUT2D eigenvalue weighted by Crippen LogP contribution is -2.47. The molecule has 3 aromatic heterocycles. The fraction of sp³-hybridized carbons (Fsp3) is 0.296. The summed E-state index contributed by atoms with van der Waals surface area (Å²) in [5.74, 6) is -1.50.